The first kappa shape index (κ1) is 15.7. The van der Waals surface area contributed by atoms with E-state index in [4.69, 9.17) is 0 Å². The topological polar surface area (TPSA) is 51.0 Å². The summed E-state index contributed by atoms with van der Waals surface area (Å²) in [6, 6.07) is 6.14. The van der Waals surface area contributed by atoms with Crippen LogP contribution in [0.2, 0.25) is 0 Å². The van der Waals surface area contributed by atoms with Crippen molar-refractivity contribution in [2.45, 2.75) is 39.2 Å². The first-order chi connectivity index (χ1) is 11.2. The lowest BCUT2D eigenvalue weighted by molar-refractivity contribution is -0.132. The number of amides is 1. The Bertz CT molecular complexity index is 629. The second-order valence-electron chi connectivity index (χ2n) is 6.33. The maximum Gasteiger partial charge on any atom is 0.224 e. The van der Waals surface area contributed by atoms with Crippen molar-refractivity contribution in [2.24, 2.45) is 5.92 Å². The second kappa shape index (κ2) is 7.40. The van der Waals surface area contributed by atoms with Gasteiger partial charge in [-0.05, 0) is 55.9 Å². The van der Waals surface area contributed by atoms with Crippen molar-refractivity contribution in [2.75, 3.05) is 13.1 Å². The molecule has 3 rings (SSSR count). The maximum atomic E-state index is 12.3. The number of nitrogens with zero attached hydrogens (tertiary/aromatic N) is 4. The van der Waals surface area contributed by atoms with Gasteiger partial charge >= 0.3 is 0 Å². The van der Waals surface area contributed by atoms with Gasteiger partial charge in [0.25, 0.3) is 0 Å². The van der Waals surface area contributed by atoms with Gasteiger partial charge in [0.15, 0.2) is 0 Å². The van der Waals surface area contributed by atoms with E-state index in [2.05, 4.69) is 22.2 Å². The Kier molecular flexibility index (Phi) is 5.05. The Hall–Kier alpha value is -2.17. The van der Waals surface area contributed by atoms with Gasteiger partial charge in [0.05, 0.1) is 0 Å². The molecule has 0 spiro atoms. The number of aromatic nitrogens is 3. The lowest BCUT2D eigenvalue weighted by Crippen LogP contribution is -2.39. The van der Waals surface area contributed by atoms with Crippen LogP contribution in [0, 0.1) is 12.8 Å². The highest BCUT2D eigenvalue weighted by Gasteiger charge is 2.22. The van der Waals surface area contributed by atoms with Crippen molar-refractivity contribution in [3.05, 3.63) is 48.0 Å². The van der Waals surface area contributed by atoms with E-state index in [1.54, 1.807) is 6.20 Å². The van der Waals surface area contributed by atoms with Gasteiger partial charge in [0.2, 0.25) is 5.91 Å². The molecule has 122 valence electrons. The largest absolute Gasteiger partial charge is 0.343 e. The minimum absolute atomic E-state index is 0.252. The molecule has 1 amide bonds. The van der Waals surface area contributed by atoms with Crippen LogP contribution in [0.25, 0.3) is 0 Å². The van der Waals surface area contributed by atoms with Crippen LogP contribution < -0.4 is 0 Å². The summed E-state index contributed by atoms with van der Waals surface area (Å²) >= 11 is 0. The van der Waals surface area contributed by atoms with Crippen molar-refractivity contribution in [1.82, 2.24) is 19.7 Å². The molecule has 1 aliphatic rings. The number of hydrogen-bond donors (Lipinski definition) is 0. The third-order valence-electron chi connectivity index (χ3n) is 4.71. The molecule has 0 bridgehead atoms. The Morgan fingerprint density at radius 2 is 1.91 bits per heavy atom. The normalized spacial score (nSPS) is 15.8. The fourth-order valence-corrected chi connectivity index (χ4v) is 3.23. The maximum absolute atomic E-state index is 12.3. The van der Waals surface area contributed by atoms with E-state index in [1.165, 1.54) is 5.56 Å². The molecule has 0 unspecified atom stereocenters. The van der Waals surface area contributed by atoms with Gasteiger partial charge in [-0.1, -0.05) is 0 Å². The number of rotatable bonds is 5. The quantitative estimate of drug-likeness (QED) is 0.852. The Labute approximate surface area is 137 Å². The molecule has 3 heterocycles. The summed E-state index contributed by atoms with van der Waals surface area (Å²) in [7, 11) is 0. The molecule has 5 heteroatoms. The van der Waals surface area contributed by atoms with Crippen molar-refractivity contribution in [3.63, 3.8) is 0 Å². The monoisotopic (exact) mass is 312 g/mol. The molecule has 0 radical (unpaired) electrons. The van der Waals surface area contributed by atoms with Gasteiger partial charge in [-0.3, -0.25) is 14.5 Å². The Balaban J connectivity index is 1.43. The SMILES string of the molecule is Cc1ccnn1CCC(=O)N1CCC(Cc2ccncc2)CC1. The minimum Gasteiger partial charge on any atom is -0.343 e. The fourth-order valence-electron chi connectivity index (χ4n) is 3.23. The van der Waals surface area contributed by atoms with Crippen LogP contribution >= 0.6 is 0 Å². The first-order valence-corrected chi connectivity index (χ1v) is 8.37. The molecule has 2 aromatic heterocycles. The molecule has 5 nitrogen and oxygen atoms in total. The van der Waals surface area contributed by atoms with Crippen LogP contribution in [-0.2, 0) is 17.8 Å². The fraction of sp³-hybridized carbons (Fsp3) is 0.500. The summed E-state index contributed by atoms with van der Waals surface area (Å²) in [6.45, 7) is 4.45. The van der Waals surface area contributed by atoms with Crippen LogP contribution in [0.1, 0.15) is 30.5 Å². The molecule has 1 fully saturated rings. The summed E-state index contributed by atoms with van der Waals surface area (Å²) in [5.41, 5.74) is 2.45. The van der Waals surface area contributed by atoms with Crippen LogP contribution in [0.3, 0.4) is 0 Å². The van der Waals surface area contributed by atoms with Crippen molar-refractivity contribution >= 4 is 5.91 Å². The number of carbonyl (C=O) groups excluding carboxylic acids is 1. The number of pyridine rings is 1. The van der Waals surface area contributed by atoms with Gasteiger partial charge in [-0.15, -0.1) is 0 Å². The molecular weight excluding hydrogens is 288 g/mol. The van der Waals surface area contributed by atoms with Crippen LogP contribution in [0.15, 0.2) is 36.8 Å². The number of aryl methyl sites for hydroxylation is 2. The van der Waals surface area contributed by atoms with E-state index in [0.29, 0.717) is 18.9 Å². The van der Waals surface area contributed by atoms with E-state index >= 15 is 0 Å². The zero-order chi connectivity index (χ0) is 16.1. The predicted molar refractivity (Wildman–Crippen MR) is 88.8 cm³/mol. The number of hydrogen-bond acceptors (Lipinski definition) is 3. The average molecular weight is 312 g/mol. The molecule has 0 saturated carbocycles. The third kappa shape index (κ3) is 4.18. The summed E-state index contributed by atoms with van der Waals surface area (Å²) in [5.74, 6) is 0.928. The van der Waals surface area contributed by atoms with Gasteiger partial charge in [0, 0.05) is 50.3 Å². The third-order valence-corrected chi connectivity index (χ3v) is 4.71. The highest BCUT2D eigenvalue weighted by Crippen LogP contribution is 2.22. The molecule has 1 saturated heterocycles. The van der Waals surface area contributed by atoms with Crippen molar-refractivity contribution in [1.29, 1.82) is 0 Å². The standard InChI is InChI=1S/C18H24N4O/c1-15-2-10-20-22(15)13-7-18(23)21-11-5-17(6-12-21)14-16-3-8-19-9-4-16/h2-4,8-10,17H,5-7,11-14H2,1H3. The van der Waals surface area contributed by atoms with Crippen LogP contribution in [0.5, 0.6) is 0 Å². The van der Waals surface area contributed by atoms with E-state index in [9.17, 15) is 4.79 Å². The highest BCUT2D eigenvalue weighted by atomic mass is 16.2. The molecule has 0 aromatic carbocycles. The van der Waals surface area contributed by atoms with Gasteiger partial charge in [-0.25, -0.2) is 0 Å². The summed E-state index contributed by atoms with van der Waals surface area (Å²) < 4.78 is 1.90. The van der Waals surface area contributed by atoms with Gasteiger partial charge < -0.3 is 4.90 Å². The predicted octanol–water partition coefficient (Wildman–Crippen LogP) is 2.46. The minimum atomic E-state index is 0.252. The highest BCUT2D eigenvalue weighted by molar-refractivity contribution is 5.76. The van der Waals surface area contributed by atoms with E-state index in [1.807, 2.05) is 35.0 Å². The smallest absolute Gasteiger partial charge is 0.224 e. The lowest BCUT2D eigenvalue weighted by Gasteiger charge is -2.32. The van der Waals surface area contributed by atoms with Gasteiger partial charge in [0.1, 0.15) is 0 Å². The zero-order valence-corrected chi connectivity index (χ0v) is 13.7. The molecule has 1 aliphatic heterocycles. The number of likely N-dealkylation sites (tertiary alicyclic amines) is 1. The summed E-state index contributed by atoms with van der Waals surface area (Å²) in [4.78, 5) is 18.4. The summed E-state index contributed by atoms with van der Waals surface area (Å²) in [6.07, 6.45) is 9.30. The van der Waals surface area contributed by atoms with Crippen LogP contribution in [0.4, 0.5) is 0 Å². The number of piperidine rings is 1. The second-order valence-corrected chi connectivity index (χ2v) is 6.33. The van der Waals surface area contributed by atoms with Crippen molar-refractivity contribution < 1.29 is 4.79 Å². The molecular formula is C18H24N4O. The molecule has 0 aliphatic carbocycles. The molecule has 23 heavy (non-hydrogen) atoms. The van der Waals surface area contributed by atoms with E-state index < -0.39 is 0 Å². The summed E-state index contributed by atoms with van der Waals surface area (Å²) in [5, 5.41) is 4.23. The number of carbonyl (C=O) groups is 1. The Morgan fingerprint density at radius 3 is 2.57 bits per heavy atom. The Morgan fingerprint density at radius 1 is 1.17 bits per heavy atom. The average Bonchev–Trinajstić information content (AvgIpc) is 2.99. The first-order valence-electron chi connectivity index (χ1n) is 8.37. The van der Waals surface area contributed by atoms with E-state index in [0.717, 1.165) is 38.0 Å². The van der Waals surface area contributed by atoms with Crippen LogP contribution in [-0.4, -0.2) is 38.7 Å². The molecule has 2 aromatic rings. The zero-order valence-electron chi connectivity index (χ0n) is 13.7. The van der Waals surface area contributed by atoms with Gasteiger partial charge in [-0.2, -0.15) is 5.10 Å². The molecule has 0 N–H and O–H groups in total. The van der Waals surface area contributed by atoms with Crippen molar-refractivity contribution in [3.8, 4) is 0 Å². The lowest BCUT2D eigenvalue weighted by atomic mass is 9.90. The molecule has 0 atom stereocenters. The van der Waals surface area contributed by atoms with E-state index in [-0.39, 0.29) is 5.91 Å².